The standard InChI is InChI=1S/C12H25NO/c1-5-6-7-10(2)13-11(3)8-14-9-12(13)4/h10-12H,5-9H2,1-4H3. The molecule has 0 bridgehead atoms. The quantitative estimate of drug-likeness (QED) is 0.690. The molecule has 3 atom stereocenters. The van der Waals surface area contributed by atoms with Crippen LogP contribution in [0.2, 0.25) is 0 Å². The number of rotatable bonds is 4. The van der Waals surface area contributed by atoms with Gasteiger partial charge in [-0.1, -0.05) is 19.8 Å². The van der Waals surface area contributed by atoms with Gasteiger partial charge < -0.3 is 4.74 Å². The molecule has 1 heterocycles. The van der Waals surface area contributed by atoms with Gasteiger partial charge in [0, 0.05) is 18.1 Å². The summed E-state index contributed by atoms with van der Waals surface area (Å²) in [5.41, 5.74) is 0. The zero-order valence-electron chi connectivity index (χ0n) is 10.1. The smallest absolute Gasteiger partial charge is 0.0620 e. The number of hydrogen-bond donors (Lipinski definition) is 0. The molecule has 0 N–H and O–H groups in total. The first kappa shape index (κ1) is 12.0. The fourth-order valence-electron chi connectivity index (χ4n) is 2.53. The largest absolute Gasteiger partial charge is 0.378 e. The van der Waals surface area contributed by atoms with Crippen molar-refractivity contribution in [3.63, 3.8) is 0 Å². The van der Waals surface area contributed by atoms with Crippen LogP contribution in [0.1, 0.15) is 47.0 Å². The minimum Gasteiger partial charge on any atom is -0.378 e. The van der Waals surface area contributed by atoms with Crippen LogP contribution in [0.5, 0.6) is 0 Å². The van der Waals surface area contributed by atoms with Crippen LogP contribution in [0.25, 0.3) is 0 Å². The Morgan fingerprint density at radius 1 is 1.29 bits per heavy atom. The first-order valence-corrected chi connectivity index (χ1v) is 6.02. The van der Waals surface area contributed by atoms with E-state index < -0.39 is 0 Å². The van der Waals surface area contributed by atoms with Gasteiger partial charge in [0.1, 0.15) is 0 Å². The van der Waals surface area contributed by atoms with E-state index in [9.17, 15) is 0 Å². The Bertz CT molecular complexity index is 150. The lowest BCUT2D eigenvalue weighted by Crippen LogP contribution is -2.53. The van der Waals surface area contributed by atoms with Crippen molar-refractivity contribution in [3.05, 3.63) is 0 Å². The highest BCUT2D eigenvalue weighted by Crippen LogP contribution is 2.19. The number of hydrogen-bond acceptors (Lipinski definition) is 2. The zero-order chi connectivity index (χ0) is 10.6. The maximum Gasteiger partial charge on any atom is 0.0620 e. The third-order valence-corrected chi connectivity index (χ3v) is 3.22. The second-order valence-corrected chi connectivity index (χ2v) is 4.67. The Kier molecular flexibility index (Phi) is 4.90. The molecule has 2 heteroatoms. The Morgan fingerprint density at radius 3 is 2.36 bits per heavy atom. The number of morpholine rings is 1. The fourth-order valence-corrected chi connectivity index (χ4v) is 2.53. The van der Waals surface area contributed by atoms with E-state index in [-0.39, 0.29) is 0 Å². The van der Waals surface area contributed by atoms with E-state index in [2.05, 4.69) is 32.6 Å². The van der Waals surface area contributed by atoms with E-state index in [0.717, 1.165) is 13.2 Å². The molecule has 2 nitrogen and oxygen atoms in total. The summed E-state index contributed by atoms with van der Waals surface area (Å²) in [6.07, 6.45) is 3.97. The normalized spacial score (nSPS) is 31.7. The summed E-state index contributed by atoms with van der Waals surface area (Å²) in [6, 6.07) is 1.89. The molecule has 1 rings (SSSR count). The molecular formula is C12H25NO. The molecule has 0 aromatic rings. The predicted octanol–water partition coefficient (Wildman–Crippen LogP) is 2.67. The lowest BCUT2D eigenvalue weighted by molar-refractivity contribution is -0.0563. The molecule has 1 saturated heterocycles. The number of ether oxygens (including phenoxy) is 1. The van der Waals surface area contributed by atoms with Crippen molar-refractivity contribution in [2.45, 2.75) is 65.1 Å². The summed E-state index contributed by atoms with van der Waals surface area (Å²) in [5, 5.41) is 0. The van der Waals surface area contributed by atoms with Crippen molar-refractivity contribution in [1.29, 1.82) is 0 Å². The van der Waals surface area contributed by atoms with Crippen LogP contribution in [0, 0.1) is 0 Å². The third kappa shape index (κ3) is 2.96. The van der Waals surface area contributed by atoms with Crippen LogP contribution >= 0.6 is 0 Å². The molecule has 0 amide bonds. The lowest BCUT2D eigenvalue weighted by Gasteiger charge is -2.42. The van der Waals surface area contributed by atoms with Crippen molar-refractivity contribution < 1.29 is 4.74 Å². The van der Waals surface area contributed by atoms with Crippen LogP contribution in [-0.2, 0) is 4.74 Å². The summed E-state index contributed by atoms with van der Waals surface area (Å²) >= 11 is 0. The van der Waals surface area contributed by atoms with Gasteiger partial charge in [0.2, 0.25) is 0 Å². The molecule has 1 aliphatic heterocycles. The molecule has 1 aliphatic rings. The summed E-state index contributed by atoms with van der Waals surface area (Å²) in [7, 11) is 0. The van der Waals surface area contributed by atoms with Crippen LogP contribution < -0.4 is 0 Å². The molecule has 14 heavy (non-hydrogen) atoms. The molecular weight excluding hydrogens is 174 g/mol. The summed E-state index contributed by atoms with van der Waals surface area (Å²) in [4.78, 5) is 2.62. The van der Waals surface area contributed by atoms with Gasteiger partial charge in [0.25, 0.3) is 0 Å². The highest BCUT2D eigenvalue weighted by molar-refractivity contribution is 4.82. The second kappa shape index (κ2) is 5.72. The maximum absolute atomic E-state index is 5.54. The van der Waals surface area contributed by atoms with E-state index in [4.69, 9.17) is 4.74 Å². The van der Waals surface area contributed by atoms with E-state index in [1.165, 1.54) is 19.3 Å². The average Bonchev–Trinajstić information content (AvgIpc) is 2.14. The Balaban J connectivity index is 2.45. The monoisotopic (exact) mass is 199 g/mol. The number of nitrogens with zero attached hydrogens (tertiary/aromatic N) is 1. The Morgan fingerprint density at radius 2 is 1.86 bits per heavy atom. The predicted molar refractivity (Wildman–Crippen MR) is 60.6 cm³/mol. The van der Waals surface area contributed by atoms with E-state index in [0.29, 0.717) is 18.1 Å². The van der Waals surface area contributed by atoms with Crippen LogP contribution in [0.15, 0.2) is 0 Å². The molecule has 3 unspecified atom stereocenters. The molecule has 0 aliphatic carbocycles. The first-order chi connectivity index (χ1) is 6.66. The topological polar surface area (TPSA) is 12.5 Å². The van der Waals surface area contributed by atoms with Crippen molar-refractivity contribution >= 4 is 0 Å². The Labute approximate surface area is 88.6 Å². The van der Waals surface area contributed by atoms with E-state index in [1.54, 1.807) is 0 Å². The molecule has 0 aromatic carbocycles. The van der Waals surface area contributed by atoms with Crippen molar-refractivity contribution in [1.82, 2.24) is 4.90 Å². The van der Waals surface area contributed by atoms with Gasteiger partial charge in [-0.15, -0.1) is 0 Å². The summed E-state index contributed by atoms with van der Waals surface area (Å²) < 4.78 is 5.54. The van der Waals surface area contributed by atoms with Crippen molar-refractivity contribution in [2.24, 2.45) is 0 Å². The Hall–Kier alpha value is -0.0800. The van der Waals surface area contributed by atoms with Crippen molar-refractivity contribution in [3.8, 4) is 0 Å². The first-order valence-electron chi connectivity index (χ1n) is 6.02. The van der Waals surface area contributed by atoms with Gasteiger partial charge in [-0.3, -0.25) is 4.90 Å². The summed E-state index contributed by atoms with van der Waals surface area (Å²) in [6.45, 7) is 11.0. The van der Waals surface area contributed by atoms with Crippen LogP contribution in [0.3, 0.4) is 0 Å². The number of unbranched alkanes of at least 4 members (excludes halogenated alkanes) is 1. The SMILES string of the molecule is CCCCC(C)N1C(C)COCC1C. The summed E-state index contributed by atoms with van der Waals surface area (Å²) in [5.74, 6) is 0. The van der Waals surface area contributed by atoms with Gasteiger partial charge >= 0.3 is 0 Å². The molecule has 1 fully saturated rings. The highest BCUT2D eigenvalue weighted by Gasteiger charge is 2.28. The van der Waals surface area contributed by atoms with Crippen LogP contribution in [0.4, 0.5) is 0 Å². The minimum absolute atomic E-state index is 0.589. The molecule has 0 aromatic heterocycles. The minimum atomic E-state index is 0.589. The van der Waals surface area contributed by atoms with Gasteiger partial charge in [0.05, 0.1) is 13.2 Å². The molecule has 0 saturated carbocycles. The fraction of sp³-hybridized carbons (Fsp3) is 1.00. The molecule has 0 radical (unpaired) electrons. The highest BCUT2D eigenvalue weighted by atomic mass is 16.5. The van der Waals surface area contributed by atoms with Gasteiger partial charge in [-0.25, -0.2) is 0 Å². The third-order valence-electron chi connectivity index (χ3n) is 3.22. The van der Waals surface area contributed by atoms with E-state index >= 15 is 0 Å². The molecule has 84 valence electrons. The van der Waals surface area contributed by atoms with Gasteiger partial charge in [0.15, 0.2) is 0 Å². The zero-order valence-corrected chi connectivity index (χ0v) is 10.1. The van der Waals surface area contributed by atoms with Gasteiger partial charge in [-0.05, 0) is 27.2 Å². The maximum atomic E-state index is 5.54. The van der Waals surface area contributed by atoms with Gasteiger partial charge in [-0.2, -0.15) is 0 Å². The lowest BCUT2D eigenvalue weighted by atomic mass is 10.0. The molecule has 0 spiro atoms. The van der Waals surface area contributed by atoms with E-state index in [1.807, 2.05) is 0 Å². The van der Waals surface area contributed by atoms with Crippen molar-refractivity contribution in [2.75, 3.05) is 13.2 Å². The second-order valence-electron chi connectivity index (χ2n) is 4.67. The average molecular weight is 199 g/mol. The van der Waals surface area contributed by atoms with Crippen LogP contribution in [-0.4, -0.2) is 36.2 Å².